The van der Waals surface area contributed by atoms with E-state index in [0.29, 0.717) is 16.9 Å². The van der Waals surface area contributed by atoms with E-state index in [1.807, 2.05) is 0 Å². The van der Waals surface area contributed by atoms with Crippen LogP contribution in [0.15, 0.2) is 42.7 Å². The first kappa shape index (κ1) is 18.2. The topological polar surface area (TPSA) is 105 Å². The number of halogens is 2. The van der Waals surface area contributed by atoms with Crippen LogP contribution in [0.25, 0.3) is 11.0 Å². The van der Waals surface area contributed by atoms with Crippen molar-refractivity contribution >= 4 is 28.3 Å². The second-order valence-corrected chi connectivity index (χ2v) is 7.33. The molecule has 27 heavy (non-hydrogen) atoms. The summed E-state index contributed by atoms with van der Waals surface area (Å²) in [7, 11) is 0. The van der Waals surface area contributed by atoms with Gasteiger partial charge in [-0.15, -0.1) is 0 Å². The number of fused-ring (bicyclic) bond motifs is 1. The molecule has 6 nitrogen and oxygen atoms in total. The molecule has 2 heterocycles. The number of aliphatic hydroxyl groups is 3. The third-order valence-electron chi connectivity index (χ3n) is 5.39. The SMILES string of the molecule is Nc1ccnc2c1ccn2[C@@H]1C[C@H]([C@@H](O)c2ccc(Cl)c(F)c2)[C@@H](O)[C@H]1O. The minimum absolute atomic E-state index is 0.0432. The van der Waals surface area contributed by atoms with Gasteiger partial charge in [0.05, 0.1) is 23.3 Å². The first-order chi connectivity index (χ1) is 12.9. The highest BCUT2D eigenvalue weighted by Crippen LogP contribution is 2.43. The smallest absolute Gasteiger partial charge is 0.142 e. The Labute approximate surface area is 159 Å². The summed E-state index contributed by atoms with van der Waals surface area (Å²) in [5, 5.41) is 32.5. The molecule has 1 aliphatic rings. The van der Waals surface area contributed by atoms with Crippen molar-refractivity contribution in [1.29, 1.82) is 0 Å². The molecule has 0 spiro atoms. The lowest BCUT2D eigenvalue weighted by molar-refractivity contribution is -0.0265. The molecule has 5 atom stereocenters. The van der Waals surface area contributed by atoms with Gasteiger partial charge in [-0.05, 0) is 36.2 Å². The molecule has 0 bridgehead atoms. The molecule has 0 aliphatic heterocycles. The third-order valence-corrected chi connectivity index (χ3v) is 5.70. The molecule has 1 aliphatic carbocycles. The normalized spacial score (nSPS) is 26.6. The first-order valence-corrected chi connectivity index (χ1v) is 8.96. The van der Waals surface area contributed by atoms with Gasteiger partial charge in [-0.3, -0.25) is 0 Å². The predicted molar refractivity (Wildman–Crippen MR) is 99.7 cm³/mol. The molecule has 3 aromatic rings. The van der Waals surface area contributed by atoms with Crippen LogP contribution in [0.5, 0.6) is 0 Å². The van der Waals surface area contributed by atoms with Gasteiger partial charge in [0.15, 0.2) is 0 Å². The summed E-state index contributed by atoms with van der Waals surface area (Å²) < 4.78 is 15.5. The van der Waals surface area contributed by atoms with Gasteiger partial charge in [0.25, 0.3) is 0 Å². The second kappa shape index (κ2) is 6.76. The Bertz CT molecular complexity index is 995. The summed E-state index contributed by atoms with van der Waals surface area (Å²) >= 11 is 5.69. The van der Waals surface area contributed by atoms with E-state index in [1.54, 1.807) is 29.1 Å². The summed E-state index contributed by atoms with van der Waals surface area (Å²) in [4.78, 5) is 4.32. The molecular formula is C19H19ClFN3O3. The lowest BCUT2D eigenvalue weighted by Crippen LogP contribution is -2.31. The van der Waals surface area contributed by atoms with Crippen molar-refractivity contribution in [3.05, 3.63) is 59.1 Å². The molecule has 4 rings (SSSR count). The molecule has 0 amide bonds. The average Bonchev–Trinajstić information content (AvgIpc) is 3.20. The van der Waals surface area contributed by atoms with Crippen LogP contribution in [-0.4, -0.2) is 37.1 Å². The molecule has 1 fully saturated rings. The number of rotatable bonds is 3. The Kier molecular flexibility index (Phi) is 4.55. The molecule has 0 unspecified atom stereocenters. The number of benzene rings is 1. The van der Waals surface area contributed by atoms with Crippen molar-refractivity contribution < 1.29 is 19.7 Å². The van der Waals surface area contributed by atoms with E-state index in [9.17, 15) is 19.7 Å². The molecule has 0 radical (unpaired) electrons. The van der Waals surface area contributed by atoms with Crippen molar-refractivity contribution in [2.24, 2.45) is 5.92 Å². The van der Waals surface area contributed by atoms with Crippen LogP contribution < -0.4 is 5.73 Å². The lowest BCUT2D eigenvalue weighted by Gasteiger charge is -2.22. The minimum atomic E-state index is -1.18. The number of nitrogen functional groups attached to an aromatic ring is 1. The number of nitrogens with zero attached hydrogens (tertiary/aromatic N) is 2. The average molecular weight is 392 g/mol. The van der Waals surface area contributed by atoms with E-state index in [1.165, 1.54) is 12.1 Å². The number of hydrogen-bond donors (Lipinski definition) is 4. The monoisotopic (exact) mass is 391 g/mol. The fourth-order valence-corrected chi connectivity index (χ4v) is 4.04. The van der Waals surface area contributed by atoms with Gasteiger partial charge < -0.3 is 25.6 Å². The zero-order valence-electron chi connectivity index (χ0n) is 14.2. The largest absolute Gasteiger partial charge is 0.398 e. The second-order valence-electron chi connectivity index (χ2n) is 6.93. The van der Waals surface area contributed by atoms with Crippen LogP contribution in [0.4, 0.5) is 10.1 Å². The Hall–Kier alpha value is -2.19. The molecule has 142 valence electrons. The lowest BCUT2D eigenvalue weighted by atomic mass is 9.92. The number of nitrogens with two attached hydrogens (primary N) is 1. The number of pyridine rings is 1. The van der Waals surface area contributed by atoms with Crippen molar-refractivity contribution in [3.8, 4) is 0 Å². The number of aliphatic hydroxyl groups excluding tert-OH is 3. The van der Waals surface area contributed by atoms with Gasteiger partial charge in [-0.2, -0.15) is 0 Å². The molecule has 8 heteroatoms. The molecule has 5 N–H and O–H groups in total. The van der Waals surface area contributed by atoms with E-state index in [4.69, 9.17) is 17.3 Å². The number of aromatic nitrogens is 2. The summed E-state index contributed by atoms with van der Waals surface area (Å²) in [6, 6.07) is 7.01. The van der Waals surface area contributed by atoms with E-state index in [2.05, 4.69) is 4.98 Å². The highest BCUT2D eigenvalue weighted by molar-refractivity contribution is 6.30. The van der Waals surface area contributed by atoms with Crippen molar-refractivity contribution in [1.82, 2.24) is 9.55 Å². The molecule has 2 aromatic heterocycles. The maximum atomic E-state index is 13.7. The van der Waals surface area contributed by atoms with Gasteiger partial charge in [0.2, 0.25) is 0 Å². The Morgan fingerprint density at radius 1 is 1.22 bits per heavy atom. The van der Waals surface area contributed by atoms with Crippen molar-refractivity contribution in [3.63, 3.8) is 0 Å². The third kappa shape index (κ3) is 2.96. The van der Waals surface area contributed by atoms with E-state index in [-0.39, 0.29) is 11.4 Å². The fraction of sp³-hybridized carbons (Fsp3) is 0.316. The fourth-order valence-electron chi connectivity index (χ4n) is 3.92. The van der Waals surface area contributed by atoms with Crippen molar-refractivity contribution in [2.45, 2.75) is 30.8 Å². The standard InChI is InChI=1S/C19H19ClFN3O3/c20-12-2-1-9(7-13(12)21)16(25)11-8-15(18(27)17(11)26)24-6-4-10-14(22)3-5-23-19(10)24/h1-7,11,15-18,25-27H,8H2,(H2,22,23)/t11-,15-,16+,17-,18+/m1/s1. The van der Waals surface area contributed by atoms with Gasteiger partial charge in [0.1, 0.15) is 17.6 Å². The van der Waals surface area contributed by atoms with Crippen LogP contribution in [-0.2, 0) is 0 Å². The van der Waals surface area contributed by atoms with Crippen LogP contribution in [0.1, 0.15) is 24.1 Å². The molecular weight excluding hydrogens is 373 g/mol. The summed E-state index contributed by atoms with van der Waals surface area (Å²) in [5.74, 6) is -1.32. The van der Waals surface area contributed by atoms with Gasteiger partial charge in [-0.1, -0.05) is 17.7 Å². The zero-order chi connectivity index (χ0) is 19.3. The quantitative estimate of drug-likeness (QED) is 0.549. The molecule has 0 saturated heterocycles. The Morgan fingerprint density at radius 3 is 2.74 bits per heavy atom. The summed E-state index contributed by atoms with van der Waals surface area (Å²) in [5.41, 5.74) is 7.42. The van der Waals surface area contributed by atoms with Crippen LogP contribution >= 0.6 is 11.6 Å². The molecule has 1 aromatic carbocycles. The van der Waals surface area contributed by atoms with Crippen LogP contribution in [0.2, 0.25) is 5.02 Å². The first-order valence-electron chi connectivity index (χ1n) is 8.58. The van der Waals surface area contributed by atoms with E-state index < -0.39 is 36.1 Å². The number of hydrogen-bond acceptors (Lipinski definition) is 5. The van der Waals surface area contributed by atoms with Gasteiger partial charge in [0, 0.05) is 29.4 Å². The Balaban J connectivity index is 1.66. The van der Waals surface area contributed by atoms with Crippen LogP contribution in [0.3, 0.4) is 0 Å². The van der Waals surface area contributed by atoms with E-state index >= 15 is 0 Å². The Morgan fingerprint density at radius 2 is 2.00 bits per heavy atom. The molecule has 1 saturated carbocycles. The van der Waals surface area contributed by atoms with E-state index in [0.717, 1.165) is 11.5 Å². The van der Waals surface area contributed by atoms with Gasteiger partial charge in [-0.25, -0.2) is 9.37 Å². The summed E-state index contributed by atoms with van der Waals surface area (Å²) in [6.45, 7) is 0. The zero-order valence-corrected chi connectivity index (χ0v) is 15.0. The summed E-state index contributed by atoms with van der Waals surface area (Å²) in [6.07, 6.45) is 0.183. The maximum Gasteiger partial charge on any atom is 0.142 e. The predicted octanol–water partition coefficient (Wildman–Crippen LogP) is 2.43. The number of anilines is 1. The maximum absolute atomic E-state index is 13.7. The highest BCUT2D eigenvalue weighted by atomic mass is 35.5. The van der Waals surface area contributed by atoms with Crippen molar-refractivity contribution in [2.75, 3.05) is 5.73 Å². The van der Waals surface area contributed by atoms with Gasteiger partial charge >= 0.3 is 0 Å². The highest BCUT2D eigenvalue weighted by Gasteiger charge is 2.46. The minimum Gasteiger partial charge on any atom is -0.398 e. The van der Waals surface area contributed by atoms with Crippen LogP contribution in [0, 0.1) is 11.7 Å².